The van der Waals surface area contributed by atoms with Crippen LogP contribution in [-0.2, 0) is 16.6 Å². The van der Waals surface area contributed by atoms with Gasteiger partial charge in [0.15, 0.2) is 29.0 Å². The molecule has 0 atom stereocenters. The van der Waals surface area contributed by atoms with Crippen molar-refractivity contribution >= 4 is 10.0 Å². The number of hydrogen-bond acceptors (Lipinski definition) is 4. The molecule has 0 bridgehead atoms. The van der Waals surface area contributed by atoms with Gasteiger partial charge in [-0.05, 0) is 42.3 Å². The van der Waals surface area contributed by atoms with E-state index in [1.807, 2.05) is 0 Å². The molecule has 0 saturated heterocycles. The van der Waals surface area contributed by atoms with E-state index in [0.717, 1.165) is 9.87 Å². The molecular weight excluding hydrogens is 371 g/mol. The summed E-state index contributed by atoms with van der Waals surface area (Å²) in [5.74, 6) is -4.16. The van der Waals surface area contributed by atoms with Gasteiger partial charge in [-0.3, -0.25) is 0 Å². The van der Waals surface area contributed by atoms with Gasteiger partial charge in [-0.15, -0.1) is 0 Å². The van der Waals surface area contributed by atoms with Crippen LogP contribution in [-0.4, -0.2) is 34.0 Å². The molecule has 0 radical (unpaired) electrons. The number of halogens is 3. The van der Waals surface area contributed by atoms with E-state index in [1.165, 1.54) is 21.3 Å². The predicted molar refractivity (Wildman–Crippen MR) is 89.3 cm³/mol. The zero-order valence-corrected chi connectivity index (χ0v) is 15.5. The second-order valence-electron chi connectivity index (χ2n) is 5.57. The number of sulfonamides is 1. The van der Waals surface area contributed by atoms with E-state index in [4.69, 9.17) is 9.47 Å². The molecule has 2 rings (SSSR count). The van der Waals surface area contributed by atoms with Crippen LogP contribution in [0.3, 0.4) is 0 Å². The fraction of sp³-hybridized carbons (Fsp3) is 0.294. The van der Waals surface area contributed by atoms with Crippen LogP contribution in [0, 0.1) is 24.4 Å². The molecule has 0 aliphatic heterocycles. The highest BCUT2D eigenvalue weighted by Crippen LogP contribution is 2.31. The van der Waals surface area contributed by atoms with E-state index < -0.39 is 32.4 Å². The molecule has 0 heterocycles. The first kappa shape index (κ1) is 20.1. The van der Waals surface area contributed by atoms with Crippen LogP contribution in [0.5, 0.6) is 11.5 Å². The van der Waals surface area contributed by atoms with Crippen LogP contribution >= 0.6 is 0 Å². The highest BCUT2D eigenvalue weighted by Gasteiger charge is 2.28. The summed E-state index contributed by atoms with van der Waals surface area (Å²) in [6, 6.07) is 4.54. The Labute approximate surface area is 150 Å². The molecule has 26 heavy (non-hydrogen) atoms. The summed E-state index contributed by atoms with van der Waals surface area (Å²) < 4.78 is 76.6. The van der Waals surface area contributed by atoms with Crippen molar-refractivity contribution in [3.05, 3.63) is 52.8 Å². The van der Waals surface area contributed by atoms with E-state index in [-0.39, 0.29) is 6.54 Å². The third-order valence-corrected chi connectivity index (χ3v) is 5.74. The van der Waals surface area contributed by atoms with Gasteiger partial charge >= 0.3 is 0 Å². The van der Waals surface area contributed by atoms with Gasteiger partial charge in [0.25, 0.3) is 0 Å². The first-order valence-corrected chi connectivity index (χ1v) is 8.88. The normalized spacial score (nSPS) is 11.7. The molecule has 0 aliphatic carbocycles. The zero-order chi connectivity index (χ0) is 19.6. The molecule has 0 saturated carbocycles. The topological polar surface area (TPSA) is 55.8 Å². The van der Waals surface area contributed by atoms with Gasteiger partial charge in [0.1, 0.15) is 4.90 Å². The average Bonchev–Trinajstić information content (AvgIpc) is 2.60. The molecule has 2 aromatic carbocycles. The van der Waals surface area contributed by atoms with Gasteiger partial charge in [0.05, 0.1) is 14.2 Å². The van der Waals surface area contributed by atoms with Crippen LogP contribution in [0.1, 0.15) is 11.1 Å². The first-order valence-electron chi connectivity index (χ1n) is 7.44. The maximum Gasteiger partial charge on any atom is 0.246 e. The Morgan fingerprint density at radius 2 is 1.58 bits per heavy atom. The van der Waals surface area contributed by atoms with Gasteiger partial charge < -0.3 is 9.47 Å². The smallest absolute Gasteiger partial charge is 0.246 e. The van der Waals surface area contributed by atoms with Crippen molar-refractivity contribution in [2.45, 2.75) is 18.4 Å². The first-order chi connectivity index (χ1) is 12.1. The number of ether oxygens (including phenoxy) is 2. The van der Waals surface area contributed by atoms with Gasteiger partial charge in [-0.2, -0.15) is 4.31 Å². The molecule has 0 spiro atoms. The van der Waals surface area contributed by atoms with Gasteiger partial charge in [-0.1, -0.05) is 0 Å². The van der Waals surface area contributed by atoms with Crippen molar-refractivity contribution in [2.24, 2.45) is 0 Å². The average molecular weight is 389 g/mol. The number of benzene rings is 2. The molecule has 142 valence electrons. The fourth-order valence-corrected chi connectivity index (χ4v) is 3.59. The monoisotopic (exact) mass is 389 g/mol. The molecule has 5 nitrogen and oxygen atoms in total. The summed E-state index contributed by atoms with van der Waals surface area (Å²) >= 11 is 0. The fourth-order valence-electron chi connectivity index (χ4n) is 2.39. The minimum absolute atomic E-state index is 0.132. The van der Waals surface area contributed by atoms with Crippen molar-refractivity contribution in [1.29, 1.82) is 0 Å². The Hall–Kier alpha value is -2.26. The predicted octanol–water partition coefficient (Wildman–Crippen LogP) is 3.25. The summed E-state index contributed by atoms with van der Waals surface area (Å²) in [7, 11) is -0.255. The SMILES string of the molecule is COc1cc(C)c(CN(C)S(=O)(=O)c2ccc(F)c(F)c2F)cc1OC. The van der Waals surface area contributed by atoms with Crippen LogP contribution in [0.15, 0.2) is 29.2 Å². The Balaban J connectivity index is 2.41. The lowest BCUT2D eigenvalue weighted by molar-refractivity contribution is 0.353. The second kappa shape index (κ2) is 7.55. The minimum atomic E-state index is -4.38. The van der Waals surface area contributed by atoms with Crippen LogP contribution in [0.25, 0.3) is 0 Å². The summed E-state index contributed by atoms with van der Waals surface area (Å²) in [5, 5.41) is 0. The third-order valence-electron chi connectivity index (χ3n) is 3.92. The van der Waals surface area contributed by atoms with Gasteiger partial charge in [0.2, 0.25) is 10.0 Å². The highest BCUT2D eigenvalue weighted by atomic mass is 32.2. The second-order valence-corrected chi connectivity index (χ2v) is 7.58. The lowest BCUT2D eigenvalue weighted by Gasteiger charge is -2.20. The van der Waals surface area contributed by atoms with Crippen molar-refractivity contribution in [1.82, 2.24) is 4.31 Å². The van der Waals surface area contributed by atoms with Crippen LogP contribution in [0.2, 0.25) is 0 Å². The number of aryl methyl sites for hydroxylation is 1. The Kier molecular flexibility index (Phi) is 5.82. The molecule has 0 amide bonds. The summed E-state index contributed by atoms with van der Waals surface area (Å²) in [5.41, 5.74) is 1.30. The number of rotatable bonds is 6. The van der Waals surface area contributed by atoms with Crippen molar-refractivity contribution in [2.75, 3.05) is 21.3 Å². The number of methoxy groups -OCH3 is 2. The van der Waals surface area contributed by atoms with Gasteiger partial charge in [0, 0.05) is 13.6 Å². The quantitative estimate of drug-likeness (QED) is 0.712. The van der Waals surface area contributed by atoms with Crippen molar-refractivity contribution < 1.29 is 31.1 Å². The summed E-state index contributed by atoms with van der Waals surface area (Å²) in [4.78, 5) is -0.933. The maximum atomic E-state index is 13.9. The molecule has 0 N–H and O–H groups in total. The zero-order valence-electron chi connectivity index (χ0n) is 14.6. The summed E-state index contributed by atoms with van der Waals surface area (Å²) in [6.07, 6.45) is 0. The molecule has 0 aromatic heterocycles. The molecule has 0 fully saturated rings. The standard InChI is InChI=1S/C17H18F3NO4S/c1-10-7-13(24-3)14(25-4)8-11(10)9-21(2)26(22,23)15-6-5-12(18)16(19)17(15)20/h5-8H,9H2,1-4H3. The van der Waals surface area contributed by atoms with Crippen LogP contribution < -0.4 is 9.47 Å². The lowest BCUT2D eigenvalue weighted by atomic mass is 10.1. The lowest BCUT2D eigenvalue weighted by Crippen LogP contribution is -2.28. The van der Waals surface area contributed by atoms with Gasteiger partial charge in [-0.25, -0.2) is 21.6 Å². The maximum absolute atomic E-state index is 13.9. The largest absolute Gasteiger partial charge is 0.493 e. The van der Waals surface area contributed by atoms with E-state index >= 15 is 0 Å². The molecular formula is C17H18F3NO4S. The number of nitrogens with zero attached hydrogens (tertiary/aromatic N) is 1. The van der Waals surface area contributed by atoms with E-state index in [1.54, 1.807) is 19.1 Å². The van der Waals surface area contributed by atoms with Crippen molar-refractivity contribution in [3.8, 4) is 11.5 Å². The molecule has 0 unspecified atom stereocenters. The van der Waals surface area contributed by atoms with E-state index in [0.29, 0.717) is 29.2 Å². The van der Waals surface area contributed by atoms with E-state index in [2.05, 4.69) is 0 Å². The van der Waals surface area contributed by atoms with Crippen molar-refractivity contribution in [3.63, 3.8) is 0 Å². The van der Waals surface area contributed by atoms with Crippen LogP contribution in [0.4, 0.5) is 13.2 Å². The number of hydrogen-bond donors (Lipinski definition) is 0. The summed E-state index contributed by atoms with van der Waals surface area (Å²) in [6.45, 7) is 1.61. The Morgan fingerprint density at radius 3 is 2.15 bits per heavy atom. The molecule has 9 heteroatoms. The Morgan fingerprint density at radius 1 is 1.00 bits per heavy atom. The third kappa shape index (κ3) is 3.63. The molecule has 2 aromatic rings. The Bertz CT molecular complexity index is 932. The van der Waals surface area contributed by atoms with E-state index in [9.17, 15) is 21.6 Å². The molecule has 0 aliphatic rings. The minimum Gasteiger partial charge on any atom is -0.493 e. The highest BCUT2D eigenvalue weighted by molar-refractivity contribution is 7.89.